The average molecular weight is 197 g/mol. The molecule has 0 bridgehead atoms. The lowest BCUT2D eigenvalue weighted by atomic mass is 10.3. The van der Waals surface area contributed by atoms with Crippen LogP contribution < -0.4 is 0 Å². The number of hydrogen-bond acceptors (Lipinski definition) is 3. The van der Waals surface area contributed by atoms with Gasteiger partial charge in [-0.15, -0.1) is 0 Å². The Morgan fingerprint density at radius 3 is 2.86 bits per heavy atom. The van der Waals surface area contributed by atoms with Crippen LogP contribution in [0.25, 0.3) is 0 Å². The summed E-state index contributed by atoms with van der Waals surface area (Å²) in [5.74, 6) is 1.09. The van der Waals surface area contributed by atoms with Gasteiger partial charge >= 0.3 is 0 Å². The van der Waals surface area contributed by atoms with Crippen molar-refractivity contribution in [3.05, 3.63) is 18.2 Å². The minimum Gasteiger partial charge on any atom is -0.395 e. The van der Waals surface area contributed by atoms with Crippen LogP contribution in [0.15, 0.2) is 12.4 Å². The topological polar surface area (TPSA) is 41.3 Å². The van der Waals surface area contributed by atoms with E-state index in [1.54, 1.807) is 0 Å². The summed E-state index contributed by atoms with van der Waals surface area (Å²) in [5, 5.41) is 8.95. The maximum atomic E-state index is 8.95. The Balaban J connectivity index is 2.37. The number of aliphatic hydroxyl groups excluding tert-OH is 1. The van der Waals surface area contributed by atoms with Gasteiger partial charge in [-0.3, -0.25) is 0 Å². The quantitative estimate of drug-likeness (QED) is 0.737. The van der Waals surface area contributed by atoms with Crippen LogP contribution in [0.2, 0.25) is 0 Å². The minimum absolute atomic E-state index is 0.205. The highest BCUT2D eigenvalue weighted by atomic mass is 16.3. The second-order valence-corrected chi connectivity index (χ2v) is 3.72. The van der Waals surface area contributed by atoms with Gasteiger partial charge in [0.05, 0.1) is 6.61 Å². The molecule has 80 valence electrons. The monoisotopic (exact) mass is 197 g/mol. The first kappa shape index (κ1) is 11.2. The van der Waals surface area contributed by atoms with Crippen LogP contribution in [0.3, 0.4) is 0 Å². The molecule has 0 spiro atoms. The fraction of sp³-hybridized carbons (Fsp3) is 0.700. The summed E-state index contributed by atoms with van der Waals surface area (Å²) in [5.41, 5.74) is 0. The summed E-state index contributed by atoms with van der Waals surface area (Å²) in [7, 11) is 4.02. The lowest BCUT2D eigenvalue weighted by molar-refractivity contribution is 0.159. The van der Waals surface area contributed by atoms with Crippen molar-refractivity contribution in [2.24, 2.45) is 7.05 Å². The van der Waals surface area contributed by atoms with Crippen LogP contribution in [-0.4, -0.2) is 45.8 Å². The summed E-state index contributed by atoms with van der Waals surface area (Å²) in [6.07, 6.45) is 4.68. The molecule has 0 aliphatic rings. The van der Waals surface area contributed by atoms with E-state index in [0.29, 0.717) is 0 Å². The average Bonchev–Trinajstić information content (AvgIpc) is 2.59. The fourth-order valence-corrected chi connectivity index (χ4v) is 1.27. The van der Waals surface area contributed by atoms with Crippen LogP contribution in [0, 0.1) is 0 Å². The van der Waals surface area contributed by atoms with Crippen LogP contribution in [-0.2, 0) is 13.5 Å². The molecule has 0 aromatic carbocycles. The first-order valence-corrected chi connectivity index (χ1v) is 4.92. The number of aryl methyl sites for hydroxylation is 1. The number of aliphatic hydroxyl groups is 1. The van der Waals surface area contributed by atoms with E-state index in [2.05, 4.69) is 9.88 Å². The predicted molar refractivity (Wildman–Crippen MR) is 56.1 cm³/mol. The van der Waals surface area contributed by atoms with Gasteiger partial charge in [-0.05, 0) is 14.0 Å². The van der Waals surface area contributed by atoms with Gasteiger partial charge in [0, 0.05) is 38.4 Å². The molecule has 4 nitrogen and oxygen atoms in total. The Labute approximate surface area is 85.2 Å². The third-order valence-corrected chi connectivity index (χ3v) is 2.63. The molecule has 0 radical (unpaired) electrons. The van der Waals surface area contributed by atoms with Gasteiger partial charge < -0.3 is 14.6 Å². The van der Waals surface area contributed by atoms with E-state index in [1.165, 1.54) is 0 Å². The van der Waals surface area contributed by atoms with Gasteiger partial charge in [0.15, 0.2) is 0 Å². The second kappa shape index (κ2) is 5.12. The molecule has 14 heavy (non-hydrogen) atoms. The first-order chi connectivity index (χ1) is 6.65. The smallest absolute Gasteiger partial charge is 0.109 e. The number of aromatic nitrogens is 2. The van der Waals surface area contributed by atoms with Crippen molar-refractivity contribution < 1.29 is 5.11 Å². The molecule has 1 aromatic heterocycles. The van der Waals surface area contributed by atoms with E-state index in [4.69, 9.17) is 5.11 Å². The SMILES string of the molecule is CC(CO)N(C)CCc1nccn1C. The normalized spacial score (nSPS) is 13.5. The molecule has 1 rings (SSSR count). The zero-order valence-electron chi connectivity index (χ0n) is 9.14. The maximum absolute atomic E-state index is 8.95. The fourth-order valence-electron chi connectivity index (χ4n) is 1.27. The number of nitrogens with zero attached hydrogens (tertiary/aromatic N) is 3. The van der Waals surface area contributed by atoms with E-state index in [1.807, 2.05) is 38.0 Å². The molecule has 1 atom stereocenters. The molecular weight excluding hydrogens is 178 g/mol. The highest BCUT2D eigenvalue weighted by molar-refractivity contribution is 4.91. The molecule has 0 saturated heterocycles. The van der Waals surface area contributed by atoms with Gasteiger partial charge in [0.1, 0.15) is 5.82 Å². The molecule has 1 N–H and O–H groups in total. The van der Waals surface area contributed by atoms with E-state index < -0.39 is 0 Å². The Bertz CT molecular complexity index is 272. The van der Waals surface area contributed by atoms with Gasteiger partial charge in [-0.25, -0.2) is 4.98 Å². The Hall–Kier alpha value is -0.870. The van der Waals surface area contributed by atoms with E-state index >= 15 is 0 Å². The van der Waals surface area contributed by atoms with Crippen molar-refractivity contribution in [3.8, 4) is 0 Å². The summed E-state index contributed by atoms with van der Waals surface area (Å²) < 4.78 is 2.03. The molecule has 1 heterocycles. The van der Waals surface area contributed by atoms with Crippen molar-refractivity contribution in [1.29, 1.82) is 0 Å². The molecule has 4 heteroatoms. The minimum atomic E-state index is 0.205. The van der Waals surface area contributed by atoms with Crippen LogP contribution in [0.1, 0.15) is 12.7 Å². The molecular formula is C10H19N3O. The summed E-state index contributed by atoms with van der Waals surface area (Å²) in [4.78, 5) is 6.38. The molecule has 0 amide bonds. The third kappa shape index (κ3) is 2.82. The summed E-state index contributed by atoms with van der Waals surface area (Å²) in [6, 6.07) is 0.218. The Morgan fingerprint density at radius 1 is 1.64 bits per heavy atom. The summed E-state index contributed by atoms with van der Waals surface area (Å²) >= 11 is 0. The van der Waals surface area contributed by atoms with E-state index in [0.717, 1.165) is 18.8 Å². The highest BCUT2D eigenvalue weighted by Crippen LogP contribution is 1.99. The number of imidazole rings is 1. The van der Waals surface area contributed by atoms with Gasteiger partial charge in [-0.1, -0.05) is 0 Å². The van der Waals surface area contributed by atoms with Crippen molar-refractivity contribution in [1.82, 2.24) is 14.5 Å². The largest absolute Gasteiger partial charge is 0.395 e. The standard InChI is InChI=1S/C10H19N3O/c1-9(8-14)12(2)6-4-10-11-5-7-13(10)3/h5,7,9,14H,4,6,8H2,1-3H3. The predicted octanol–water partition coefficient (Wildman–Crippen LogP) is 0.275. The van der Waals surface area contributed by atoms with Crippen molar-refractivity contribution >= 4 is 0 Å². The van der Waals surface area contributed by atoms with Crippen molar-refractivity contribution in [2.75, 3.05) is 20.2 Å². The molecule has 0 aliphatic heterocycles. The van der Waals surface area contributed by atoms with E-state index in [9.17, 15) is 0 Å². The van der Waals surface area contributed by atoms with Crippen LogP contribution in [0.4, 0.5) is 0 Å². The molecule has 1 aromatic rings. The number of hydrogen-bond donors (Lipinski definition) is 1. The zero-order chi connectivity index (χ0) is 10.6. The zero-order valence-corrected chi connectivity index (χ0v) is 9.14. The van der Waals surface area contributed by atoms with Gasteiger partial charge in [-0.2, -0.15) is 0 Å². The van der Waals surface area contributed by atoms with Crippen LogP contribution in [0.5, 0.6) is 0 Å². The molecule has 0 fully saturated rings. The second-order valence-electron chi connectivity index (χ2n) is 3.72. The van der Waals surface area contributed by atoms with Gasteiger partial charge in [0.2, 0.25) is 0 Å². The number of likely N-dealkylation sites (N-methyl/N-ethyl adjacent to an activating group) is 1. The highest BCUT2D eigenvalue weighted by Gasteiger charge is 2.08. The lowest BCUT2D eigenvalue weighted by Gasteiger charge is -2.22. The van der Waals surface area contributed by atoms with Gasteiger partial charge in [0.25, 0.3) is 0 Å². The lowest BCUT2D eigenvalue weighted by Crippen LogP contribution is -2.33. The Kier molecular flexibility index (Phi) is 4.10. The van der Waals surface area contributed by atoms with Crippen LogP contribution >= 0.6 is 0 Å². The summed E-state index contributed by atoms with van der Waals surface area (Å²) in [6.45, 7) is 3.14. The molecule has 0 aliphatic carbocycles. The molecule has 0 saturated carbocycles. The van der Waals surface area contributed by atoms with Crippen molar-refractivity contribution in [2.45, 2.75) is 19.4 Å². The number of rotatable bonds is 5. The maximum Gasteiger partial charge on any atom is 0.109 e. The Morgan fingerprint density at radius 2 is 2.36 bits per heavy atom. The first-order valence-electron chi connectivity index (χ1n) is 4.92. The van der Waals surface area contributed by atoms with Crippen molar-refractivity contribution in [3.63, 3.8) is 0 Å². The molecule has 1 unspecified atom stereocenters. The van der Waals surface area contributed by atoms with E-state index in [-0.39, 0.29) is 12.6 Å². The third-order valence-electron chi connectivity index (χ3n) is 2.63.